The maximum atomic E-state index is 13.1. The van der Waals surface area contributed by atoms with E-state index in [0.717, 1.165) is 5.56 Å². The van der Waals surface area contributed by atoms with Crippen LogP contribution < -0.4 is 0 Å². The molecule has 19 heavy (non-hydrogen) atoms. The third-order valence-corrected chi connectivity index (χ3v) is 3.16. The van der Waals surface area contributed by atoms with Crippen molar-refractivity contribution in [3.63, 3.8) is 0 Å². The molecule has 0 radical (unpaired) electrons. The van der Waals surface area contributed by atoms with Crippen LogP contribution in [0.25, 0.3) is 0 Å². The monoisotopic (exact) mass is 256 g/mol. The number of halogens is 1. The minimum Gasteiger partial charge on any atom is -0.294 e. The molecule has 0 amide bonds. The van der Waals surface area contributed by atoms with E-state index in [0.29, 0.717) is 17.9 Å². The van der Waals surface area contributed by atoms with Gasteiger partial charge >= 0.3 is 0 Å². The van der Waals surface area contributed by atoms with Gasteiger partial charge in [0, 0.05) is 12.0 Å². The summed E-state index contributed by atoms with van der Waals surface area (Å²) in [5, 5.41) is 0. The SMILES string of the molecule is CC(C)c1ccc(CC(=O)c2cccc(F)c2)cc1. The van der Waals surface area contributed by atoms with Gasteiger partial charge in [-0.2, -0.15) is 0 Å². The van der Waals surface area contributed by atoms with E-state index in [-0.39, 0.29) is 11.6 Å². The summed E-state index contributed by atoms with van der Waals surface area (Å²) in [5.74, 6) is 0.0470. The number of Topliss-reactive ketones (excluding diaryl/α,β-unsaturated/α-hetero) is 1. The van der Waals surface area contributed by atoms with Crippen molar-refractivity contribution in [2.45, 2.75) is 26.2 Å². The van der Waals surface area contributed by atoms with Gasteiger partial charge in [0.1, 0.15) is 5.82 Å². The lowest BCUT2D eigenvalue weighted by atomic mass is 9.98. The number of benzene rings is 2. The van der Waals surface area contributed by atoms with Crippen molar-refractivity contribution in [3.05, 3.63) is 71.0 Å². The summed E-state index contributed by atoms with van der Waals surface area (Å²) in [5.41, 5.74) is 2.63. The second-order valence-electron chi connectivity index (χ2n) is 5.01. The van der Waals surface area contributed by atoms with Gasteiger partial charge in [-0.05, 0) is 29.2 Å². The molecule has 0 heterocycles. The van der Waals surface area contributed by atoms with Gasteiger partial charge in [0.25, 0.3) is 0 Å². The minimum absolute atomic E-state index is 0.0585. The van der Waals surface area contributed by atoms with Crippen molar-refractivity contribution < 1.29 is 9.18 Å². The van der Waals surface area contributed by atoms with Crippen molar-refractivity contribution in [2.75, 3.05) is 0 Å². The lowest BCUT2D eigenvalue weighted by Crippen LogP contribution is -2.04. The summed E-state index contributed by atoms with van der Waals surface area (Å²) in [6.07, 6.45) is 0.307. The zero-order valence-electron chi connectivity index (χ0n) is 11.2. The summed E-state index contributed by atoms with van der Waals surface area (Å²) in [6.45, 7) is 4.26. The highest BCUT2D eigenvalue weighted by molar-refractivity contribution is 5.97. The quantitative estimate of drug-likeness (QED) is 0.742. The fourth-order valence-electron chi connectivity index (χ4n) is 1.97. The molecule has 0 N–H and O–H groups in total. The van der Waals surface area contributed by atoms with Crippen LogP contribution in [0.5, 0.6) is 0 Å². The molecule has 1 nitrogen and oxygen atoms in total. The number of carbonyl (C=O) groups is 1. The van der Waals surface area contributed by atoms with Crippen molar-refractivity contribution >= 4 is 5.78 Å². The normalized spacial score (nSPS) is 10.7. The molecule has 0 atom stereocenters. The van der Waals surface area contributed by atoms with Crippen LogP contribution in [0.15, 0.2) is 48.5 Å². The summed E-state index contributed by atoms with van der Waals surface area (Å²) in [4.78, 5) is 12.0. The van der Waals surface area contributed by atoms with Gasteiger partial charge in [0.15, 0.2) is 5.78 Å². The zero-order chi connectivity index (χ0) is 13.8. The standard InChI is InChI=1S/C17H17FO/c1-12(2)14-8-6-13(7-9-14)10-17(19)15-4-3-5-16(18)11-15/h3-9,11-12H,10H2,1-2H3. The fourth-order valence-corrected chi connectivity index (χ4v) is 1.97. The summed E-state index contributed by atoms with van der Waals surface area (Å²) in [6, 6.07) is 13.8. The Labute approximate surface area is 113 Å². The summed E-state index contributed by atoms with van der Waals surface area (Å²) < 4.78 is 13.1. The third kappa shape index (κ3) is 3.50. The van der Waals surface area contributed by atoms with E-state index < -0.39 is 0 Å². The van der Waals surface area contributed by atoms with Crippen molar-refractivity contribution in [1.29, 1.82) is 0 Å². The average molecular weight is 256 g/mol. The van der Waals surface area contributed by atoms with E-state index in [1.807, 2.05) is 24.3 Å². The molecule has 98 valence electrons. The van der Waals surface area contributed by atoms with Crippen molar-refractivity contribution in [1.82, 2.24) is 0 Å². The Kier molecular flexibility index (Phi) is 4.10. The van der Waals surface area contributed by atoms with E-state index in [4.69, 9.17) is 0 Å². The number of hydrogen-bond donors (Lipinski definition) is 0. The Hall–Kier alpha value is -1.96. The van der Waals surface area contributed by atoms with Crippen molar-refractivity contribution in [3.8, 4) is 0 Å². The van der Waals surface area contributed by atoms with Gasteiger partial charge in [-0.1, -0.05) is 50.2 Å². The topological polar surface area (TPSA) is 17.1 Å². The first kappa shape index (κ1) is 13.5. The van der Waals surface area contributed by atoms with Crippen LogP contribution in [-0.2, 0) is 6.42 Å². The number of rotatable bonds is 4. The van der Waals surface area contributed by atoms with Crippen LogP contribution in [0, 0.1) is 5.82 Å². The van der Waals surface area contributed by atoms with Gasteiger partial charge in [-0.3, -0.25) is 4.79 Å². The van der Waals surface area contributed by atoms with Crippen LogP contribution in [0.2, 0.25) is 0 Å². The molecule has 0 aliphatic heterocycles. The highest BCUT2D eigenvalue weighted by Crippen LogP contribution is 2.16. The first-order chi connectivity index (χ1) is 9.06. The smallest absolute Gasteiger partial charge is 0.167 e. The van der Waals surface area contributed by atoms with Gasteiger partial charge in [0.05, 0.1) is 0 Å². The Morgan fingerprint density at radius 1 is 1.11 bits per heavy atom. The predicted octanol–water partition coefficient (Wildman–Crippen LogP) is 4.37. The van der Waals surface area contributed by atoms with Crippen LogP contribution >= 0.6 is 0 Å². The van der Waals surface area contributed by atoms with E-state index >= 15 is 0 Å². The van der Waals surface area contributed by atoms with Gasteiger partial charge in [-0.25, -0.2) is 4.39 Å². The Morgan fingerprint density at radius 3 is 2.37 bits per heavy atom. The molecule has 0 fully saturated rings. The van der Waals surface area contributed by atoms with Crippen molar-refractivity contribution in [2.24, 2.45) is 0 Å². The lowest BCUT2D eigenvalue weighted by Gasteiger charge is -2.06. The molecule has 0 saturated carbocycles. The zero-order valence-corrected chi connectivity index (χ0v) is 11.2. The molecule has 2 aromatic carbocycles. The summed E-state index contributed by atoms with van der Waals surface area (Å²) in [7, 11) is 0. The summed E-state index contributed by atoms with van der Waals surface area (Å²) >= 11 is 0. The molecule has 2 aromatic rings. The highest BCUT2D eigenvalue weighted by Gasteiger charge is 2.08. The molecule has 0 unspecified atom stereocenters. The second kappa shape index (κ2) is 5.79. The molecule has 0 spiro atoms. The Balaban J connectivity index is 2.10. The molecule has 2 rings (SSSR count). The molecule has 2 heteroatoms. The van der Waals surface area contributed by atoms with E-state index in [1.54, 1.807) is 12.1 Å². The Bertz CT molecular complexity index is 570. The second-order valence-corrected chi connectivity index (χ2v) is 5.01. The Morgan fingerprint density at radius 2 is 1.79 bits per heavy atom. The largest absolute Gasteiger partial charge is 0.294 e. The van der Waals surface area contributed by atoms with Gasteiger partial charge in [0.2, 0.25) is 0 Å². The van der Waals surface area contributed by atoms with Crippen LogP contribution in [0.3, 0.4) is 0 Å². The van der Waals surface area contributed by atoms with Crippen LogP contribution in [0.1, 0.15) is 41.3 Å². The lowest BCUT2D eigenvalue weighted by molar-refractivity contribution is 0.0992. The molecule has 0 aliphatic carbocycles. The number of ketones is 1. The molecular formula is C17H17FO. The van der Waals surface area contributed by atoms with E-state index in [1.165, 1.54) is 17.7 Å². The molecule has 0 aliphatic rings. The first-order valence-electron chi connectivity index (χ1n) is 6.44. The third-order valence-electron chi connectivity index (χ3n) is 3.16. The fraction of sp³-hybridized carbons (Fsp3) is 0.235. The first-order valence-corrected chi connectivity index (χ1v) is 6.44. The molecule has 0 aromatic heterocycles. The number of carbonyl (C=O) groups excluding carboxylic acids is 1. The highest BCUT2D eigenvalue weighted by atomic mass is 19.1. The maximum absolute atomic E-state index is 13.1. The predicted molar refractivity (Wildman–Crippen MR) is 75.0 cm³/mol. The molecule has 0 bridgehead atoms. The van der Waals surface area contributed by atoms with E-state index in [2.05, 4.69) is 13.8 Å². The van der Waals surface area contributed by atoms with Crippen LogP contribution in [0.4, 0.5) is 4.39 Å². The molecular weight excluding hydrogens is 239 g/mol. The average Bonchev–Trinajstić information content (AvgIpc) is 2.39. The van der Waals surface area contributed by atoms with E-state index in [9.17, 15) is 9.18 Å². The minimum atomic E-state index is -0.374. The maximum Gasteiger partial charge on any atom is 0.167 e. The van der Waals surface area contributed by atoms with Gasteiger partial charge < -0.3 is 0 Å². The molecule has 0 saturated heterocycles. The van der Waals surface area contributed by atoms with Gasteiger partial charge in [-0.15, -0.1) is 0 Å². The number of hydrogen-bond acceptors (Lipinski definition) is 1. The van der Waals surface area contributed by atoms with Crippen LogP contribution in [-0.4, -0.2) is 5.78 Å².